The van der Waals surface area contributed by atoms with Crippen molar-refractivity contribution in [2.45, 2.75) is 20.3 Å². The molecule has 0 fully saturated rings. The Balaban J connectivity index is 1.98. The average molecular weight is 307 g/mol. The molecule has 1 aromatic rings. The molecule has 1 aromatic carbocycles. The van der Waals surface area contributed by atoms with Gasteiger partial charge in [-0.3, -0.25) is 9.59 Å². The molecule has 1 heterocycles. The number of nitrogens with one attached hydrogen (secondary N) is 1. The van der Waals surface area contributed by atoms with E-state index < -0.39 is 11.9 Å². The number of fused-ring (bicyclic) bond motifs is 1. The number of carbonyl (C=O) groups excluding carboxylic acids is 1. The Morgan fingerprint density at radius 2 is 1.91 bits per heavy atom. The Hall–Kier alpha value is -2.24. The first-order valence-electron chi connectivity index (χ1n) is 7.38. The van der Waals surface area contributed by atoms with Crippen LogP contribution in [-0.4, -0.2) is 36.7 Å². The van der Waals surface area contributed by atoms with Gasteiger partial charge in [0.05, 0.1) is 5.92 Å². The highest BCUT2D eigenvalue weighted by molar-refractivity contribution is 5.95. The zero-order valence-electron chi connectivity index (χ0n) is 12.8. The van der Waals surface area contributed by atoms with Crippen molar-refractivity contribution in [2.75, 3.05) is 19.8 Å². The fraction of sp³-hybridized carbons (Fsp3) is 0.500. The smallest absolute Gasteiger partial charge is 0.308 e. The molecule has 0 saturated carbocycles. The van der Waals surface area contributed by atoms with Crippen molar-refractivity contribution in [1.29, 1.82) is 0 Å². The molecule has 0 radical (unpaired) electrons. The number of carboxylic acids is 1. The number of ether oxygens (including phenoxy) is 2. The van der Waals surface area contributed by atoms with E-state index in [4.69, 9.17) is 9.47 Å². The lowest BCUT2D eigenvalue weighted by molar-refractivity contribution is -0.142. The summed E-state index contributed by atoms with van der Waals surface area (Å²) >= 11 is 0. The third-order valence-corrected chi connectivity index (χ3v) is 3.42. The number of amides is 1. The summed E-state index contributed by atoms with van der Waals surface area (Å²) in [7, 11) is 0. The summed E-state index contributed by atoms with van der Waals surface area (Å²) in [5, 5.41) is 11.9. The van der Waals surface area contributed by atoms with Crippen LogP contribution in [0.1, 0.15) is 30.6 Å². The van der Waals surface area contributed by atoms with Gasteiger partial charge in [0, 0.05) is 12.1 Å². The molecule has 0 aliphatic carbocycles. The molecule has 2 N–H and O–H groups in total. The molecule has 1 aliphatic heterocycles. The Labute approximate surface area is 129 Å². The monoisotopic (exact) mass is 307 g/mol. The summed E-state index contributed by atoms with van der Waals surface area (Å²) < 4.78 is 10.8. The second kappa shape index (κ2) is 7.15. The summed E-state index contributed by atoms with van der Waals surface area (Å²) in [4.78, 5) is 23.3. The Morgan fingerprint density at radius 1 is 1.23 bits per heavy atom. The van der Waals surface area contributed by atoms with Gasteiger partial charge in [-0.25, -0.2) is 0 Å². The van der Waals surface area contributed by atoms with Gasteiger partial charge in [-0.15, -0.1) is 0 Å². The summed E-state index contributed by atoms with van der Waals surface area (Å²) in [6.07, 6.45) is 0.525. The number of hydrogen-bond acceptors (Lipinski definition) is 4. The maximum Gasteiger partial charge on any atom is 0.308 e. The van der Waals surface area contributed by atoms with E-state index in [9.17, 15) is 14.7 Å². The third-order valence-electron chi connectivity index (χ3n) is 3.42. The standard InChI is InChI=1S/C16H21NO5/c1-10(2)7-12(16(19)20)9-17-15(18)11-3-4-13-14(8-11)22-6-5-21-13/h3-4,8,10,12H,5-7,9H2,1-2H3,(H,17,18)(H,19,20). The van der Waals surface area contributed by atoms with Crippen molar-refractivity contribution in [2.24, 2.45) is 11.8 Å². The molecular weight excluding hydrogens is 286 g/mol. The SMILES string of the molecule is CC(C)CC(CNC(=O)c1ccc2c(c1)OCCO2)C(=O)O. The van der Waals surface area contributed by atoms with Gasteiger partial charge in [-0.05, 0) is 30.5 Å². The van der Waals surface area contributed by atoms with E-state index in [1.165, 1.54) is 0 Å². The zero-order valence-corrected chi connectivity index (χ0v) is 12.8. The van der Waals surface area contributed by atoms with E-state index in [-0.39, 0.29) is 18.4 Å². The number of carboxylic acid groups (broad SMARTS) is 1. The van der Waals surface area contributed by atoms with Crippen LogP contribution in [0.5, 0.6) is 11.5 Å². The van der Waals surface area contributed by atoms with Gasteiger partial charge in [0.1, 0.15) is 13.2 Å². The first-order chi connectivity index (χ1) is 10.5. The summed E-state index contributed by atoms with van der Waals surface area (Å²) in [5.74, 6) is -0.376. The number of benzene rings is 1. The maximum atomic E-state index is 12.1. The molecular formula is C16H21NO5. The number of carbonyl (C=O) groups is 2. The van der Waals surface area contributed by atoms with E-state index in [0.29, 0.717) is 36.7 Å². The van der Waals surface area contributed by atoms with Crippen LogP contribution in [0.15, 0.2) is 18.2 Å². The van der Waals surface area contributed by atoms with E-state index in [1.54, 1.807) is 18.2 Å². The molecule has 2 rings (SSSR count). The minimum absolute atomic E-state index is 0.112. The van der Waals surface area contributed by atoms with Crippen molar-refractivity contribution in [1.82, 2.24) is 5.32 Å². The van der Waals surface area contributed by atoms with Crippen LogP contribution in [0, 0.1) is 11.8 Å². The summed E-state index contributed by atoms with van der Waals surface area (Å²) in [6, 6.07) is 4.94. The van der Waals surface area contributed by atoms with Crippen molar-refractivity contribution < 1.29 is 24.2 Å². The van der Waals surface area contributed by atoms with Gasteiger partial charge in [0.25, 0.3) is 5.91 Å². The minimum Gasteiger partial charge on any atom is -0.486 e. The lowest BCUT2D eigenvalue weighted by atomic mass is 9.97. The first kappa shape index (κ1) is 16.1. The van der Waals surface area contributed by atoms with Crippen molar-refractivity contribution in [3.63, 3.8) is 0 Å². The predicted molar refractivity (Wildman–Crippen MR) is 80.3 cm³/mol. The molecule has 120 valence electrons. The van der Waals surface area contributed by atoms with E-state index in [0.717, 1.165) is 0 Å². The lowest BCUT2D eigenvalue weighted by Crippen LogP contribution is -2.33. The molecule has 1 unspecified atom stereocenters. The fourth-order valence-electron chi connectivity index (χ4n) is 2.34. The molecule has 0 saturated heterocycles. The molecule has 0 aromatic heterocycles. The molecule has 6 heteroatoms. The van der Waals surface area contributed by atoms with Crippen LogP contribution in [0.25, 0.3) is 0 Å². The average Bonchev–Trinajstić information content (AvgIpc) is 2.50. The molecule has 1 amide bonds. The summed E-state index contributed by atoms with van der Waals surface area (Å²) in [6.45, 7) is 4.97. The van der Waals surface area contributed by atoms with Gasteiger partial charge < -0.3 is 19.9 Å². The summed E-state index contributed by atoms with van der Waals surface area (Å²) in [5.41, 5.74) is 0.429. The highest BCUT2D eigenvalue weighted by atomic mass is 16.6. The molecule has 22 heavy (non-hydrogen) atoms. The van der Waals surface area contributed by atoms with Gasteiger partial charge in [-0.2, -0.15) is 0 Å². The molecule has 1 atom stereocenters. The number of hydrogen-bond donors (Lipinski definition) is 2. The molecule has 0 bridgehead atoms. The fourth-order valence-corrected chi connectivity index (χ4v) is 2.34. The van der Waals surface area contributed by atoms with Crippen LogP contribution < -0.4 is 14.8 Å². The van der Waals surface area contributed by atoms with Crippen LogP contribution in [-0.2, 0) is 4.79 Å². The van der Waals surface area contributed by atoms with E-state index in [1.807, 2.05) is 13.8 Å². The van der Waals surface area contributed by atoms with Crippen LogP contribution in [0.4, 0.5) is 0 Å². The first-order valence-corrected chi connectivity index (χ1v) is 7.38. The van der Waals surface area contributed by atoms with Crippen molar-refractivity contribution >= 4 is 11.9 Å². The van der Waals surface area contributed by atoms with E-state index >= 15 is 0 Å². The Kier molecular flexibility index (Phi) is 5.25. The quantitative estimate of drug-likeness (QED) is 0.839. The second-order valence-electron chi connectivity index (χ2n) is 5.73. The zero-order chi connectivity index (χ0) is 16.1. The van der Waals surface area contributed by atoms with Gasteiger partial charge in [0.15, 0.2) is 11.5 Å². The predicted octanol–water partition coefficient (Wildman–Crippen LogP) is 1.93. The highest BCUT2D eigenvalue weighted by Gasteiger charge is 2.21. The van der Waals surface area contributed by atoms with Crippen molar-refractivity contribution in [3.8, 4) is 11.5 Å². The lowest BCUT2D eigenvalue weighted by Gasteiger charge is -2.19. The van der Waals surface area contributed by atoms with Gasteiger partial charge in [0.2, 0.25) is 0 Å². The highest BCUT2D eigenvalue weighted by Crippen LogP contribution is 2.30. The number of rotatable bonds is 6. The Morgan fingerprint density at radius 3 is 2.55 bits per heavy atom. The topological polar surface area (TPSA) is 84.9 Å². The maximum absolute atomic E-state index is 12.1. The van der Waals surface area contributed by atoms with E-state index in [2.05, 4.69) is 5.32 Å². The number of aliphatic carboxylic acids is 1. The third kappa shape index (κ3) is 4.13. The van der Waals surface area contributed by atoms with Crippen molar-refractivity contribution in [3.05, 3.63) is 23.8 Å². The van der Waals surface area contributed by atoms with Gasteiger partial charge in [-0.1, -0.05) is 13.8 Å². The normalized spacial score (nSPS) is 14.5. The Bertz CT molecular complexity index is 555. The van der Waals surface area contributed by atoms with Crippen LogP contribution in [0.3, 0.4) is 0 Å². The molecule has 0 spiro atoms. The molecule has 1 aliphatic rings. The van der Waals surface area contributed by atoms with Crippen LogP contribution >= 0.6 is 0 Å². The van der Waals surface area contributed by atoms with Gasteiger partial charge >= 0.3 is 5.97 Å². The second-order valence-corrected chi connectivity index (χ2v) is 5.73. The van der Waals surface area contributed by atoms with Crippen LogP contribution in [0.2, 0.25) is 0 Å². The minimum atomic E-state index is -0.892. The largest absolute Gasteiger partial charge is 0.486 e. The molecule has 6 nitrogen and oxygen atoms in total.